The molecule has 33 heavy (non-hydrogen) atoms. The van der Waals surface area contributed by atoms with Gasteiger partial charge in [-0.05, 0) is 44.7 Å². The zero-order valence-corrected chi connectivity index (χ0v) is 19.4. The van der Waals surface area contributed by atoms with E-state index in [9.17, 15) is 27.6 Å². The summed E-state index contributed by atoms with van der Waals surface area (Å²) in [5.74, 6) is -2.53. The minimum absolute atomic E-state index is 0.0348. The Hall–Kier alpha value is -2.32. The molecule has 2 unspecified atom stereocenters. The Bertz CT molecular complexity index is 842. The summed E-state index contributed by atoms with van der Waals surface area (Å²) in [5, 5.41) is 0.652. The SMILES string of the molecule is CCOC(=S)SC(CC(NC(=O)c1ccccc1)C(F)(F)F)B1OC(=O)CN(C)CC(=O)O1. The Morgan fingerprint density at radius 3 is 2.33 bits per heavy atom. The maximum absolute atomic E-state index is 13.8. The van der Waals surface area contributed by atoms with Gasteiger partial charge in [-0.2, -0.15) is 13.2 Å². The van der Waals surface area contributed by atoms with Crippen LogP contribution in [-0.4, -0.2) is 78.4 Å². The molecule has 180 valence electrons. The lowest BCUT2D eigenvalue weighted by Crippen LogP contribution is -2.52. The fourth-order valence-electron chi connectivity index (χ4n) is 2.83. The molecule has 1 saturated heterocycles. The molecule has 1 aromatic carbocycles. The number of thiocarbonyl (C=S) groups is 1. The van der Waals surface area contributed by atoms with Crippen molar-refractivity contribution in [2.24, 2.45) is 0 Å². The highest BCUT2D eigenvalue weighted by Gasteiger charge is 2.48. The van der Waals surface area contributed by atoms with Crippen molar-refractivity contribution >= 4 is 53.3 Å². The first-order valence-electron chi connectivity index (χ1n) is 9.83. The number of alkyl halides is 3. The Labute approximate surface area is 198 Å². The van der Waals surface area contributed by atoms with Crippen LogP contribution in [0.4, 0.5) is 13.2 Å². The third-order valence-electron chi connectivity index (χ3n) is 4.31. The van der Waals surface area contributed by atoms with Crippen molar-refractivity contribution in [3.8, 4) is 0 Å². The Kier molecular flexibility index (Phi) is 9.98. The highest BCUT2D eigenvalue weighted by atomic mass is 32.2. The van der Waals surface area contributed by atoms with E-state index in [1.165, 1.54) is 36.2 Å². The van der Waals surface area contributed by atoms with Crippen LogP contribution in [-0.2, 0) is 23.6 Å². The van der Waals surface area contributed by atoms with E-state index in [4.69, 9.17) is 26.3 Å². The van der Waals surface area contributed by atoms with Crippen molar-refractivity contribution in [1.29, 1.82) is 0 Å². The number of hydrogen-bond donors (Lipinski definition) is 1. The second-order valence-electron chi connectivity index (χ2n) is 7.03. The molecule has 1 fully saturated rings. The van der Waals surface area contributed by atoms with Crippen LogP contribution in [0.2, 0.25) is 0 Å². The highest BCUT2D eigenvalue weighted by molar-refractivity contribution is 8.23. The molecule has 1 amide bonds. The first-order chi connectivity index (χ1) is 15.5. The predicted molar refractivity (Wildman–Crippen MR) is 119 cm³/mol. The largest absolute Gasteiger partial charge is 0.613 e. The second-order valence-corrected chi connectivity index (χ2v) is 8.87. The third kappa shape index (κ3) is 8.86. The van der Waals surface area contributed by atoms with Gasteiger partial charge in [0.25, 0.3) is 5.91 Å². The van der Waals surface area contributed by atoms with Crippen LogP contribution in [0.15, 0.2) is 30.3 Å². The molecule has 2 atom stereocenters. The van der Waals surface area contributed by atoms with Crippen LogP contribution in [0.5, 0.6) is 0 Å². The molecule has 1 aromatic rings. The van der Waals surface area contributed by atoms with Gasteiger partial charge in [-0.1, -0.05) is 30.0 Å². The van der Waals surface area contributed by atoms with Crippen molar-refractivity contribution in [3.05, 3.63) is 35.9 Å². The summed E-state index contributed by atoms with van der Waals surface area (Å²) in [4.78, 5) is 37.9. The minimum atomic E-state index is -4.85. The van der Waals surface area contributed by atoms with Crippen molar-refractivity contribution in [3.63, 3.8) is 0 Å². The fraction of sp³-hybridized carbons (Fsp3) is 0.474. The van der Waals surface area contributed by atoms with E-state index < -0.39 is 48.8 Å². The van der Waals surface area contributed by atoms with Gasteiger partial charge in [0.15, 0.2) is 0 Å². The molecule has 1 heterocycles. The van der Waals surface area contributed by atoms with E-state index in [2.05, 4.69) is 0 Å². The monoisotopic (exact) mass is 506 g/mol. The van der Waals surface area contributed by atoms with Crippen LogP contribution in [0.1, 0.15) is 23.7 Å². The maximum Gasteiger partial charge on any atom is 0.613 e. The normalized spacial score (nSPS) is 17.2. The number of nitrogens with one attached hydrogen (secondary N) is 1. The lowest BCUT2D eigenvalue weighted by molar-refractivity contribution is -0.154. The summed E-state index contributed by atoms with van der Waals surface area (Å²) in [6.45, 7) is 1.27. The van der Waals surface area contributed by atoms with Crippen LogP contribution in [0.3, 0.4) is 0 Å². The topological polar surface area (TPSA) is 94.2 Å². The van der Waals surface area contributed by atoms with Gasteiger partial charge in [-0.3, -0.25) is 19.3 Å². The summed E-state index contributed by atoms with van der Waals surface area (Å²) in [5.41, 5.74) is 0.0348. The van der Waals surface area contributed by atoms with Crippen LogP contribution in [0, 0.1) is 0 Å². The number of hydrogen-bond acceptors (Lipinski definition) is 9. The quantitative estimate of drug-likeness (QED) is 0.442. The summed E-state index contributed by atoms with van der Waals surface area (Å²) in [7, 11) is -0.182. The van der Waals surface area contributed by atoms with Gasteiger partial charge in [0.1, 0.15) is 6.04 Å². The molecular weight excluding hydrogens is 484 g/mol. The number of carbonyl (C=O) groups is 3. The molecule has 1 aliphatic rings. The molecule has 0 aromatic heterocycles. The molecule has 14 heteroatoms. The lowest BCUT2D eigenvalue weighted by Gasteiger charge is -2.29. The van der Waals surface area contributed by atoms with Gasteiger partial charge in [0, 0.05) is 5.56 Å². The van der Waals surface area contributed by atoms with E-state index in [1.807, 2.05) is 5.32 Å². The fourth-order valence-corrected chi connectivity index (χ4v) is 4.27. The number of halogens is 3. The number of benzene rings is 1. The molecule has 0 aliphatic carbocycles. The smallest absolute Gasteiger partial charge is 0.497 e. The zero-order valence-electron chi connectivity index (χ0n) is 17.8. The molecule has 0 bridgehead atoms. The number of ether oxygens (including phenoxy) is 1. The summed E-state index contributed by atoms with van der Waals surface area (Å²) < 4.78 is 56.8. The highest BCUT2D eigenvalue weighted by Crippen LogP contribution is 2.31. The zero-order chi connectivity index (χ0) is 24.6. The summed E-state index contributed by atoms with van der Waals surface area (Å²) in [6, 6.07) is 5.04. The number of amides is 1. The van der Waals surface area contributed by atoms with Crippen molar-refractivity contribution in [2.45, 2.75) is 30.7 Å². The van der Waals surface area contributed by atoms with Crippen molar-refractivity contribution in [2.75, 3.05) is 26.7 Å². The van der Waals surface area contributed by atoms with Gasteiger partial charge in [0.2, 0.25) is 4.38 Å². The van der Waals surface area contributed by atoms with Gasteiger partial charge >= 0.3 is 25.2 Å². The van der Waals surface area contributed by atoms with Crippen LogP contribution >= 0.6 is 24.0 Å². The Balaban J connectivity index is 2.28. The van der Waals surface area contributed by atoms with E-state index in [0.717, 1.165) is 0 Å². The molecule has 8 nitrogen and oxygen atoms in total. The van der Waals surface area contributed by atoms with E-state index in [0.29, 0.717) is 11.8 Å². The Morgan fingerprint density at radius 2 is 1.82 bits per heavy atom. The second kappa shape index (κ2) is 12.2. The first-order valence-corrected chi connectivity index (χ1v) is 11.1. The van der Waals surface area contributed by atoms with E-state index in [-0.39, 0.29) is 29.6 Å². The van der Waals surface area contributed by atoms with Gasteiger partial charge < -0.3 is 19.4 Å². The van der Waals surface area contributed by atoms with Gasteiger partial charge in [0.05, 0.1) is 24.8 Å². The van der Waals surface area contributed by atoms with E-state index >= 15 is 0 Å². The summed E-state index contributed by atoms with van der Waals surface area (Å²) >= 11 is 5.68. The predicted octanol–water partition coefficient (Wildman–Crippen LogP) is 2.22. The molecular formula is C19H22BF3N2O6S2. The first kappa shape index (κ1) is 26.9. The average molecular weight is 506 g/mol. The van der Waals surface area contributed by atoms with E-state index in [1.54, 1.807) is 13.0 Å². The molecule has 1 aliphatic heterocycles. The van der Waals surface area contributed by atoms with Gasteiger partial charge in [-0.25, -0.2) is 0 Å². The Morgan fingerprint density at radius 1 is 1.24 bits per heavy atom. The molecule has 0 radical (unpaired) electrons. The minimum Gasteiger partial charge on any atom is -0.497 e. The maximum atomic E-state index is 13.8. The lowest BCUT2D eigenvalue weighted by atomic mass is 9.79. The molecule has 0 saturated carbocycles. The summed E-state index contributed by atoms with van der Waals surface area (Å²) in [6.07, 6.45) is -5.66. The van der Waals surface area contributed by atoms with Crippen LogP contribution in [0.25, 0.3) is 0 Å². The number of likely N-dealkylation sites (N-methyl/N-ethyl adjacent to an activating group) is 1. The number of nitrogens with zero attached hydrogens (tertiary/aromatic N) is 1. The van der Waals surface area contributed by atoms with Crippen molar-refractivity contribution in [1.82, 2.24) is 10.2 Å². The molecule has 1 N–H and O–H groups in total. The third-order valence-corrected chi connectivity index (χ3v) is 5.75. The van der Waals surface area contributed by atoms with Crippen molar-refractivity contribution < 1.29 is 41.6 Å². The molecule has 0 spiro atoms. The standard InChI is InChI=1S/C19H22BF3N2O6S2/c1-3-29-18(32)33-14(20-30-15(26)10-25(2)11-16(27)31-20)9-13(19(21,22)23)24-17(28)12-7-5-4-6-8-12/h4-8,13-14H,3,9-11H2,1-2H3,(H,24,28). The number of carbonyl (C=O) groups excluding carboxylic acids is 3. The molecule has 2 rings (SSSR count). The number of thioether (sulfide) groups is 1. The van der Waals surface area contributed by atoms with Gasteiger partial charge in [-0.15, -0.1) is 0 Å². The number of rotatable bonds is 7. The van der Waals surface area contributed by atoms with Crippen LogP contribution < -0.4 is 5.32 Å². The average Bonchev–Trinajstić information content (AvgIpc) is 2.71.